The normalized spacial score (nSPS) is 22.1. The van der Waals surface area contributed by atoms with Crippen LogP contribution in [-0.4, -0.2) is 22.8 Å². The molecule has 5 heteroatoms. The molecule has 0 N–H and O–H groups in total. The summed E-state index contributed by atoms with van der Waals surface area (Å²) < 4.78 is 5.53. The van der Waals surface area contributed by atoms with Crippen LogP contribution in [-0.2, 0) is 5.88 Å². The van der Waals surface area contributed by atoms with Gasteiger partial charge in [-0.3, -0.25) is 0 Å². The van der Waals surface area contributed by atoms with Gasteiger partial charge in [0.2, 0.25) is 5.89 Å². The van der Waals surface area contributed by atoms with E-state index in [1.54, 1.807) is 0 Å². The molecule has 1 aromatic rings. The second kappa shape index (κ2) is 5.53. The van der Waals surface area contributed by atoms with E-state index in [0.29, 0.717) is 17.9 Å². The SMILES string of the molecule is CCC1CCCCCN1c1nnc(CCl)o1. The number of nitrogens with zero attached hydrogens (tertiary/aromatic N) is 3. The van der Waals surface area contributed by atoms with Crippen molar-refractivity contribution in [1.82, 2.24) is 10.2 Å². The van der Waals surface area contributed by atoms with E-state index in [-0.39, 0.29) is 5.88 Å². The highest BCUT2D eigenvalue weighted by molar-refractivity contribution is 6.16. The molecule has 1 unspecified atom stereocenters. The quantitative estimate of drug-likeness (QED) is 0.766. The van der Waals surface area contributed by atoms with Crippen LogP contribution in [0.15, 0.2) is 4.42 Å². The van der Waals surface area contributed by atoms with Crippen LogP contribution in [0.25, 0.3) is 0 Å². The number of aromatic nitrogens is 2. The first-order valence-electron chi connectivity index (χ1n) is 6.00. The van der Waals surface area contributed by atoms with E-state index in [9.17, 15) is 0 Å². The molecule has 16 heavy (non-hydrogen) atoms. The minimum absolute atomic E-state index is 0.289. The average molecular weight is 244 g/mol. The summed E-state index contributed by atoms with van der Waals surface area (Å²) in [6.45, 7) is 3.23. The molecule has 2 heterocycles. The maximum Gasteiger partial charge on any atom is 0.318 e. The summed E-state index contributed by atoms with van der Waals surface area (Å²) >= 11 is 5.67. The summed E-state index contributed by atoms with van der Waals surface area (Å²) in [4.78, 5) is 2.25. The van der Waals surface area contributed by atoms with Gasteiger partial charge in [0.25, 0.3) is 0 Å². The lowest BCUT2D eigenvalue weighted by atomic mass is 10.1. The Balaban J connectivity index is 2.14. The van der Waals surface area contributed by atoms with Crippen molar-refractivity contribution in [3.8, 4) is 0 Å². The first kappa shape index (κ1) is 11.7. The van der Waals surface area contributed by atoms with Crippen molar-refractivity contribution in [3.05, 3.63) is 5.89 Å². The molecule has 1 atom stereocenters. The number of hydrogen-bond donors (Lipinski definition) is 0. The van der Waals surface area contributed by atoms with E-state index in [0.717, 1.165) is 13.0 Å². The van der Waals surface area contributed by atoms with E-state index in [4.69, 9.17) is 16.0 Å². The topological polar surface area (TPSA) is 42.2 Å². The molecule has 1 saturated heterocycles. The van der Waals surface area contributed by atoms with Gasteiger partial charge in [-0.05, 0) is 19.3 Å². The third kappa shape index (κ3) is 2.48. The number of hydrogen-bond acceptors (Lipinski definition) is 4. The van der Waals surface area contributed by atoms with Gasteiger partial charge in [-0.2, -0.15) is 0 Å². The molecule has 1 fully saturated rings. The molecule has 4 nitrogen and oxygen atoms in total. The Hall–Kier alpha value is -0.770. The van der Waals surface area contributed by atoms with Crippen molar-refractivity contribution in [3.63, 3.8) is 0 Å². The van der Waals surface area contributed by atoms with Gasteiger partial charge in [0, 0.05) is 12.6 Å². The Morgan fingerprint density at radius 3 is 2.94 bits per heavy atom. The second-order valence-electron chi connectivity index (χ2n) is 4.22. The van der Waals surface area contributed by atoms with Gasteiger partial charge < -0.3 is 9.32 Å². The van der Waals surface area contributed by atoms with Gasteiger partial charge in [-0.25, -0.2) is 0 Å². The number of halogens is 1. The summed E-state index contributed by atoms with van der Waals surface area (Å²) in [5, 5.41) is 7.99. The van der Waals surface area contributed by atoms with E-state index in [2.05, 4.69) is 22.0 Å². The van der Waals surface area contributed by atoms with Gasteiger partial charge in [0.1, 0.15) is 5.88 Å². The van der Waals surface area contributed by atoms with Gasteiger partial charge in [-0.15, -0.1) is 16.7 Å². The molecule has 0 spiro atoms. The Kier molecular flexibility index (Phi) is 4.04. The van der Waals surface area contributed by atoms with E-state index in [1.165, 1.54) is 25.7 Å². The Labute approximate surface area is 101 Å². The first-order valence-corrected chi connectivity index (χ1v) is 6.53. The van der Waals surface area contributed by atoms with Crippen LogP contribution >= 0.6 is 11.6 Å². The zero-order valence-corrected chi connectivity index (χ0v) is 10.4. The number of anilines is 1. The third-order valence-corrected chi connectivity index (χ3v) is 3.39. The molecule has 1 aliphatic heterocycles. The highest BCUT2D eigenvalue weighted by atomic mass is 35.5. The van der Waals surface area contributed by atoms with Gasteiger partial charge in [0.05, 0.1) is 0 Å². The fourth-order valence-electron chi connectivity index (χ4n) is 2.27. The van der Waals surface area contributed by atoms with Crippen LogP contribution in [0.3, 0.4) is 0 Å². The van der Waals surface area contributed by atoms with Crippen molar-refractivity contribution in [2.45, 2.75) is 50.9 Å². The lowest BCUT2D eigenvalue weighted by molar-refractivity contribution is 0.462. The predicted molar refractivity (Wildman–Crippen MR) is 63.7 cm³/mol. The average Bonchev–Trinajstić information content (AvgIpc) is 2.66. The molecular weight excluding hydrogens is 226 g/mol. The van der Waals surface area contributed by atoms with Crippen molar-refractivity contribution in [2.24, 2.45) is 0 Å². The van der Waals surface area contributed by atoms with Crippen LogP contribution in [0.1, 0.15) is 44.9 Å². The molecule has 0 radical (unpaired) electrons. The molecule has 0 bridgehead atoms. The maximum atomic E-state index is 5.67. The zero-order chi connectivity index (χ0) is 11.4. The summed E-state index contributed by atoms with van der Waals surface area (Å²) in [5.41, 5.74) is 0. The third-order valence-electron chi connectivity index (χ3n) is 3.16. The van der Waals surface area contributed by atoms with E-state index < -0.39 is 0 Å². The standard InChI is InChI=1S/C11H18ClN3O/c1-2-9-6-4-3-5-7-15(9)11-14-13-10(8-12)16-11/h9H,2-8H2,1H3. The Bertz CT molecular complexity index is 329. The molecule has 1 aromatic heterocycles. The molecular formula is C11H18ClN3O. The van der Waals surface area contributed by atoms with Crippen molar-refractivity contribution in [1.29, 1.82) is 0 Å². The Morgan fingerprint density at radius 1 is 1.38 bits per heavy atom. The minimum Gasteiger partial charge on any atom is -0.407 e. The first-order chi connectivity index (χ1) is 7.85. The predicted octanol–water partition coefficient (Wildman–Crippen LogP) is 2.97. The second-order valence-corrected chi connectivity index (χ2v) is 4.48. The summed E-state index contributed by atoms with van der Waals surface area (Å²) in [6.07, 6.45) is 6.14. The monoisotopic (exact) mass is 243 g/mol. The lowest BCUT2D eigenvalue weighted by Crippen LogP contribution is -2.34. The smallest absolute Gasteiger partial charge is 0.318 e. The van der Waals surface area contributed by atoms with Crippen molar-refractivity contribution < 1.29 is 4.42 Å². The minimum atomic E-state index is 0.289. The number of rotatable bonds is 3. The van der Waals surface area contributed by atoms with Crippen molar-refractivity contribution in [2.75, 3.05) is 11.4 Å². The van der Waals surface area contributed by atoms with Crippen LogP contribution in [0.4, 0.5) is 6.01 Å². The zero-order valence-electron chi connectivity index (χ0n) is 9.65. The van der Waals surface area contributed by atoms with E-state index >= 15 is 0 Å². The fourth-order valence-corrected chi connectivity index (χ4v) is 2.38. The molecule has 2 rings (SSSR count). The number of alkyl halides is 1. The summed E-state index contributed by atoms with van der Waals surface area (Å²) in [6, 6.07) is 1.18. The summed E-state index contributed by atoms with van der Waals surface area (Å²) in [5.74, 6) is 0.799. The molecule has 0 saturated carbocycles. The molecule has 0 aromatic carbocycles. The highest BCUT2D eigenvalue weighted by Crippen LogP contribution is 2.24. The fraction of sp³-hybridized carbons (Fsp3) is 0.818. The van der Waals surface area contributed by atoms with Gasteiger partial charge >= 0.3 is 6.01 Å². The molecule has 0 amide bonds. The van der Waals surface area contributed by atoms with Crippen LogP contribution in [0, 0.1) is 0 Å². The van der Waals surface area contributed by atoms with Crippen LogP contribution in [0.2, 0.25) is 0 Å². The van der Waals surface area contributed by atoms with Crippen molar-refractivity contribution >= 4 is 17.6 Å². The Morgan fingerprint density at radius 2 is 2.25 bits per heavy atom. The highest BCUT2D eigenvalue weighted by Gasteiger charge is 2.23. The molecule has 1 aliphatic rings. The van der Waals surface area contributed by atoms with Crippen LogP contribution < -0.4 is 4.90 Å². The largest absolute Gasteiger partial charge is 0.407 e. The van der Waals surface area contributed by atoms with Gasteiger partial charge in [-0.1, -0.05) is 24.9 Å². The maximum absolute atomic E-state index is 5.67. The summed E-state index contributed by atoms with van der Waals surface area (Å²) in [7, 11) is 0. The molecule has 90 valence electrons. The van der Waals surface area contributed by atoms with Gasteiger partial charge in [0.15, 0.2) is 0 Å². The van der Waals surface area contributed by atoms with Crippen LogP contribution in [0.5, 0.6) is 0 Å². The lowest BCUT2D eigenvalue weighted by Gasteiger charge is -2.26. The molecule has 0 aliphatic carbocycles. The van der Waals surface area contributed by atoms with E-state index in [1.807, 2.05) is 0 Å².